The third-order valence-electron chi connectivity index (χ3n) is 3.08. The van der Waals surface area contributed by atoms with Crippen LogP contribution < -0.4 is 4.90 Å². The number of alkyl halides is 1. The lowest BCUT2D eigenvalue weighted by Gasteiger charge is -2.26. The van der Waals surface area contributed by atoms with Crippen LogP contribution >= 0.6 is 23.2 Å². The van der Waals surface area contributed by atoms with Crippen LogP contribution in [0.4, 0.5) is 5.82 Å². The molecule has 1 aromatic carbocycles. The third kappa shape index (κ3) is 3.37. The zero-order chi connectivity index (χ0) is 13.8. The lowest BCUT2D eigenvalue weighted by molar-refractivity contribution is 0.724. The maximum absolute atomic E-state index is 6.02. The number of aromatic nitrogens is 2. The lowest BCUT2D eigenvalue weighted by Crippen LogP contribution is -2.23. The second-order valence-corrected chi connectivity index (χ2v) is 5.05. The summed E-state index contributed by atoms with van der Waals surface area (Å²) in [6, 6.07) is 7.97. The summed E-state index contributed by atoms with van der Waals surface area (Å²) in [5, 5.41) is 0.735. The van der Waals surface area contributed by atoms with E-state index in [-0.39, 0.29) is 6.04 Å². The summed E-state index contributed by atoms with van der Waals surface area (Å²) in [5.74, 6) is 1.16. The van der Waals surface area contributed by atoms with E-state index < -0.39 is 0 Å². The van der Waals surface area contributed by atoms with Gasteiger partial charge in [0.2, 0.25) is 0 Å². The van der Waals surface area contributed by atoms with Gasteiger partial charge in [0, 0.05) is 18.3 Å². The molecule has 1 unspecified atom stereocenters. The fourth-order valence-corrected chi connectivity index (χ4v) is 2.15. The Labute approximate surface area is 123 Å². The number of benzene rings is 1. The van der Waals surface area contributed by atoms with Crippen molar-refractivity contribution in [1.82, 2.24) is 9.97 Å². The predicted octanol–water partition coefficient (Wildman–Crippen LogP) is 4.07. The molecule has 0 radical (unpaired) electrons. The zero-order valence-electron chi connectivity index (χ0n) is 10.8. The maximum Gasteiger partial charge on any atom is 0.147 e. The first kappa shape index (κ1) is 14.1. The number of hydrogen-bond donors (Lipinski definition) is 0. The summed E-state index contributed by atoms with van der Waals surface area (Å²) in [4.78, 5) is 10.7. The van der Waals surface area contributed by atoms with Crippen LogP contribution in [-0.2, 0) is 5.88 Å². The van der Waals surface area contributed by atoms with Crippen molar-refractivity contribution in [3.05, 3.63) is 52.9 Å². The van der Waals surface area contributed by atoms with Crippen molar-refractivity contribution >= 4 is 29.0 Å². The average molecular weight is 296 g/mol. The molecule has 2 aromatic rings. The van der Waals surface area contributed by atoms with Gasteiger partial charge in [0.25, 0.3) is 0 Å². The molecule has 0 saturated carbocycles. The van der Waals surface area contributed by atoms with Gasteiger partial charge in [0.05, 0.1) is 23.8 Å². The van der Waals surface area contributed by atoms with Gasteiger partial charge in [0.1, 0.15) is 5.82 Å². The van der Waals surface area contributed by atoms with E-state index in [4.69, 9.17) is 23.2 Å². The first-order valence-electron chi connectivity index (χ1n) is 5.97. The highest BCUT2D eigenvalue weighted by Gasteiger charge is 2.14. The monoisotopic (exact) mass is 295 g/mol. The molecule has 1 heterocycles. The minimum atomic E-state index is 0.151. The molecule has 1 atom stereocenters. The smallest absolute Gasteiger partial charge is 0.147 e. The van der Waals surface area contributed by atoms with E-state index in [0.29, 0.717) is 5.88 Å². The fourth-order valence-electron chi connectivity index (χ4n) is 1.82. The van der Waals surface area contributed by atoms with E-state index in [1.54, 1.807) is 12.4 Å². The first-order chi connectivity index (χ1) is 9.11. The number of halogens is 2. The second kappa shape index (κ2) is 6.22. The summed E-state index contributed by atoms with van der Waals surface area (Å²) in [7, 11) is 1.98. The highest BCUT2D eigenvalue weighted by Crippen LogP contribution is 2.25. The van der Waals surface area contributed by atoms with E-state index in [1.165, 1.54) is 0 Å². The number of hydrogen-bond acceptors (Lipinski definition) is 3. The summed E-state index contributed by atoms with van der Waals surface area (Å²) in [5.41, 5.74) is 1.90. The molecule has 1 aromatic heterocycles. The lowest BCUT2D eigenvalue weighted by atomic mass is 10.1. The molecule has 0 fully saturated rings. The van der Waals surface area contributed by atoms with Gasteiger partial charge in [-0.3, -0.25) is 4.98 Å². The predicted molar refractivity (Wildman–Crippen MR) is 79.9 cm³/mol. The summed E-state index contributed by atoms with van der Waals surface area (Å²) in [6.07, 6.45) is 3.41. The van der Waals surface area contributed by atoms with Gasteiger partial charge in [0.15, 0.2) is 0 Å². The van der Waals surface area contributed by atoms with Gasteiger partial charge in [-0.25, -0.2) is 4.98 Å². The highest BCUT2D eigenvalue weighted by atomic mass is 35.5. The first-order valence-corrected chi connectivity index (χ1v) is 6.88. The van der Waals surface area contributed by atoms with Crippen LogP contribution in [0.15, 0.2) is 36.7 Å². The molecule has 0 aliphatic carbocycles. The van der Waals surface area contributed by atoms with E-state index in [9.17, 15) is 0 Å². The highest BCUT2D eigenvalue weighted by molar-refractivity contribution is 6.30. The Bertz CT molecular complexity index is 560. The molecule has 19 heavy (non-hydrogen) atoms. The summed E-state index contributed by atoms with van der Waals surface area (Å²) >= 11 is 11.8. The Morgan fingerprint density at radius 2 is 2.11 bits per heavy atom. The minimum absolute atomic E-state index is 0.151. The average Bonchev–Trinajstić information content (AvgIpc) is 2.45. The Morgan fingerprint density at radius 3 is 2.79 bits per heavy atom. The Hall–Kier alpha value is -1.32. The van der Waals surface area contributed by atoms with Crippen molar-refractivity contribution in [3.8, 4) is 0 Å². The molecule has 0 aliphatic rings. The Balaban J connectivity index is 2.25. The maximum atomic E-state index is 6.02. The number of nitrogens with zero attached hydrogens (tertiary/aromatic N) is 3. The van der Waals surface area contributed by atoms with Gasteiger partial charge in [-0.05, 0) is 24.6 Å². The minimum Gasteiger partial charge on any atom is -0.352 e. The van der Waals surface area contributed by atoms with Gasteiger partial charge in [-0.1, -0.05) is 23.7 Å². The van der Waals surface area contributed by atoms with Gasteiger partial charge < -0.3 is 4.90 Å². The molecule has 0 amide bonds. The molecule has 5 heteroatoms. The SMILES string of the molecule is CC(c1cccc(Cl)c1)N(C)c1cncc(CCl)n1. The van der Waals surface area contributed by atoms with Gasteiger partial charge in [-0.15, -0.1) is 11.6 Å². The summed E-state index contributed by atoms with van der Waals surface area (Å²) < 4.78 is 0. The van der Waals surface area contributed by atoms with Gasteiger partial charge in [-0.2, -0.15) is 0 Å². The molecule has 0 N–H and O–H groups in total. The zero-order valence-corrected chi connectivity index (χ0v) is 12.4. The molecule has 0 spiro atoms. The number of rotatable bonds is 4. The molecule has 0 bridgehead atoms. The summed E-state index contributed by atoms with van der Waals surface area (Å²) in [6.45, 7) is 2.10. The Kier molecular flexibility index (Phi) is 4.61. The van der Waals surface area contributed by atoms with Crippen LogP contribution in [0.25, 0.3) is 0 Å². The topological polar surface area (TPSA) is 29.0 Å². The molecule has 3 nitrogen and oxygen atoms in total. The van der Waals surface area contributed by atoms with Crippen molar-refractivity contribution in [2.45, 2.75) is 18.8 Å². The molecule has 100 valence electrons. The van der Waals surface area contributed by atoms with Crippen LogP contribution in [0.3, 0.4) is 0 Å². The third-order valence-corrected chi connectivity index (χ3v) is 3.59. The van der Waals surface area contributed by atoms with Crippen LogP contribution in [0.5, 0.6) is 0 Å². The van der Waals surface area contributed by atoms with Crippen LogP contribution in [0, 0.1) is 0 Å². The normalized spacial score (nSPS) is 12.2. The molecule has 0 aliphatic heterocycles. The molecular formula is C14H15Cl2N3. The van der Waals surface area contributed by atoms with Crippen LogP contribution in [-0.4, -0.2) is 17.0 Å². The van der Waals surface area contributed by atoms with E-state index in [1.807, 2.05) is 31.3 Å². The molecule has 2 rings (SSSR count). The quantitative estimate of drug-likeness (QED) is 0.796. The van der Waals surface area contributed by atoms with Crippen LogP contribution in [0.1, 0.15) is 24.2 Å². The van der Waals surface area contributed by atoms with Crippen molar-refractivity contribution in [3.63, 3.8) is 0 Å². The van der Waals surface area contributed by atoms with Crippen molar-refractivity contribution in [1.29, 1.82) is 0 Å². The standard InChI is InChI=1S/C14H15Cl2N3/c1-10(11-4-3-5-12(16)6-11)19(2)14-9-17-8-13(7-15)18-14/h3-6,8-10H,7H2,1-2H3. The van der Waals surface area contributed by atoms with E-state index in [0.717, 1.165) is 22.1 Å². The van der Waals surface area contributed by atoms with Crippen molar-refractivity contribution in [2.75, 3.05) is 11.9 Å². The number of anilines is 1. The van der Waals surface area contributed by atoms with Crippen LogP contribution in [0.2, 0.25) is 5.02 Å². The van der Waals surface area contributed by atoms with E-state index >= 15 is 0 Å². The molecule has 0 saturated heterocycles. The van der Waals surface area contributed by atoms with Crippen molar-refractivity contribution in [2.24, 2.45) is 0 Å². The molecular weight excluding hydrogens is 281 g/mol. The Morgan fingerprint density at radius 1 is 1.32 bits per heavy atom. The second-order valence-electron chi connectivity index (χ2n) is 4.34. The van der Waals surface area contributed by atoms with Gasteiger partial charge >= 0.3 is 0 Å². The van der Waals surface area contributed by atoms with E-state index in [2.05, 4.69) is 21.8 Å². The fraction of sp³-hybridized carbons (Fsp3) is 0.286. The van der Waals surface area contributed by atoms with Crippen molar-refractivity contribution < 1.29 is 0 Å². The largest absolute Gasteiger partial charge is 0.352 e.